The summed E-state index contributed by atoms with van der Waals surface area (Å²) < 4.78 is 14.3. The first kappa shape index (κ1) is 16.5. The van der Waals surface area contributed by atoms with E-state index in [9.17, 15) is 14.0 Å². The molecule has 1 saturated heterocycles. The minimum absolute atomic E-state index is 0.00272. The molecule has 2 aromatic rings. The largest absolute Gasteiger partial charge is 0.366 e. The van der Waals surface area contributed by atoms with Gasteiger partial charge < -0.3 is 4.90 Å². The lowest BCUT2D eigenvalue weighted by Gasteiger charge is -2.29. The van der Waals surface area contributed by atoms with Crippen molar-refractivity contribution in [1.29, 1.82) is 0 Å². The number of benzene rings is 2. The van der Waals surface area contributed by atoms with Gasteiger partial charge in [0.05, 0.1) is 11.3 Å². The maximum absolute atomic E-state index is 14.3. The molecule has 0 radical (unpaired) electrons. The summed E-state index contributed by atoms with van der Waals surface area (Å²) in [7, 11) is 0. The quantitative estimate of drug-likeness (QED) is 0.794. The predicted octanol–water partition coefficient (Wildman–Crippen LogP) is 3.60. The Bertz CT molecular complexity index is 886. The summed E-state index contributed by atoms with van der Waals surface area (Å²) in [6.07, 6.45) is 3.07. The van der Waals surface area contributed by atoms with Crippen molar-refractivity contribution in [3.05, 3.63) is 71.7 Å². The number of carbonyl (C=O) groups is 2. The minimum Gasteiger partial charge on any atom is -0.366 e. The van der Waals surface area contributed by atoms with E-state index in [-0.39, 0.29) is 5.69 Å². The number of amides is 2. The normalized spacial score (nSPS) is 18.0. The molecule has 2 aliphatic heterocycles. The molecule has 4 rings (SSSR count). The molecule has 0 aromatic heterocycles. The van der Waals surface area contributed by atoms with Crippen LogP contribution in [0.3, 0.4) is 0 Å². The number of halogens is 1. The highest BCUT2D eigenvalue weighted by Crippen LogP contribution is 2.36. The second-order valence-electron chi connectivity index (χ2n) is 6.53. The van der Waals surface area contributed by atoms with Crippen LogP contribution in [-0.2, 0) is 9.59 Å². The Labute approximate surface area is 151 Å². The number of carbonyl (C=O) groups excluding carboxylic acids is 2. The van der Waals surface area contributed by atoms with E-state index in [1.807, 2.05) is 35.2 Å². The van der Waals surface area contributed by atoms with Crippen LogP contribution in [0.1, 0.15) is 24.8 Å². The van der Waals surface area contributed by atoms with Gasteiger partial charge in [0.1, 0.15) is 11.5 Å². The summed E-state index contributed by atoms with van der Waals surface area (Å²) >= 11 is 0. The lowest BCUT2D eigenvalue weighted by atomic mass is 10.0. The van der Waals surface area contributed by atoms with Gasteiger partial charge >= 0.3 is 0 Å². The maximum atomic E-state index is 14.3. The van der Waals surface area contributed by atoms with Gasteiger partial charge in [-0.25, -0.2) is 9.29 Å². The molecule has 4 nitrogen and oxygen atoms in total. The molecule has 2 aliphatic rings. The smallest absolute Gasteiger partial charge is 0.282 e. The molecule has 0 spiro atoms. The van der Waals surface area contributed by atoms with Crippen LogP contribution in [0, 0.1) is 5.82 Å². The lowest BCUT2D eigenvalue weighted by molar-refractivity contribution is -0.120. The second-order valence-corrected chi connectivity index (χ2v) is 6.53. The fourth-order valence-electron chi connectivity index (χ4n) is 3.65. The summed E-state index contributed by atoms with van der Waals surface area (Å²) in [5, 5.41) is 0. The zero-order valence-electron chi connectivity index (χ0n) is 14.3. The first-order valence-corrected chi connectivity index (χ1v) is 8.86. The van der Waals surface area contributed by atoms with Crippen molar-refractivity contribution >= 4 is 23.1 Å². The third-order valence-corrected chi connectivity index (χ3v) is 4.89. The number of hydrogen-bond acceptors (Lipinski definition) is 3. The van der Waals surface area contributed by atoms with Crippen LogP contribution >= 0.6 is 0 Å². The van der Waals surface area contributed by atoms with Crippen molar-refractivity contribution < 1.29 is 14.0 Å². The Morgan fingerprint density at radius 3 is 2.12 bits per heavy atom. The fraction of sp³-hybridized carbons (Fsp3) is 0.238. The van der Waals surface area contributed by atoms with Crippen LogP contribution < -0.4 is 4.90 Å². The Morgan fingerprint density at radius 1 is 0.769 bits per heavy atom. The molecule has 2 heterocycles. The predicted molar refractivity (Wildman–Crippen MR) is 97.7 cm³/mol. The van der Waals surface area contributed by atoms with Gasteiger partial charge in [-0.3, -0.25) is 9.59 Å². The molecule has 1 fully saturated rings. The third kappa shape index (κ3) is 2.69. The molecule has 0 saturated carbocycles. The lowest BCUT2D eigenvalue weighted by Crippen LogP contribution is -2.37. The maximum Gasteiger partial charge on any atom is 0.282 e. The van der Waals surface area contributed by atoms with Crippen molar-refractivity contribution in [3.63, 3.8) is 0 Å². The average molecular weight is 350 g/mol. The first-order chi connectivity index (χ1) is 12.7. The summed E-state index contributed by atoms with van der Waals surface area (Å²) in [5.41, 5.74) is 1.44. The van der Waals surface area contributed by atoms with E-state index in [0.29, 0.717) is 16.8 Å². The number of piperidine rings is 1. The van der Waals surface area contributed by atoms with Crippen molar-refractivity contribution in [2.75, 3.05) is 18.0 Å². The molecular formula is C21H19FN2O2. The Kier molecular flexibility index (Phi) is 4.29. The highest BCUT2D eigenvalue weighted by atomic mass is 19.1. The SMILES string of the molecule is O=C1C(c2ccccc2)=C(N2CCCCC2)C(=O)N1c1ccccc1F. The van der Waals surface area contributed by atoms with Gasteiger partial charge in [-0.1, -0.05) is 42.5 Å². The van der Waals surface area contributed by atoms with Crippen LogP contribution in [-0.4, -0.2) is 29.8 Å². The molecule has 0 N–H and O–H groups in total. The topological polar surface area (TPSA) is 40.6 Å². The molecule has 2 amide bonds. The number of likely N-dealkylation sites (tertiary alicyclic amines) is 1. The zero-order chi connectivity index (χ0) is 18.1. The van der Waals surface area contributed by atoms with Crippen LogP contribution in [0.2, 0.25) is 0 Å². The molecule has 0 aliphatic carbocycles. The molecule has 132 valence electrons. The highest BCUT2D eigenvalue weighted by molar-refractivity contribution is 6.45. The Morgan fingerprint density at radius 2 is 1.42 bits per heavy atom. The van der Waals surface area contributed by atoms with Crippen LogP contribution in [0.15, 0.2) is 60.3 Å². The highest BCUT2D eigenvalue weighted by Gasteiger charge is 2.43. The Balaban J connectivity index is 1.84. The fourth-order valence-corrected chi connectivity index (χ4v) is 3.65. The third-order valence-electron chi connectivity index (χ3n) is 4.89. The van der Waals surface area contributed by atoms with E-state index in [2.05, 4.69) is 0 Å². The molecule has 5 heteroatoms. The number of imide groups is 1. The Hall–Kier alpha value is -2.95. The van der Waals surface area contributed by atoms with E-state index >= 15 is 0 Å². The van der Waals surface area contributed by atoms with Gasteiger partial charge in [0.25, 0.3) is 11.8 Å². The van der Waals surface area contributed by atoms with Gasteiger partial charge in [0.2, 0.25) is 0 Å². The van der Waals surface area contributed by atoms with Gasteiger partial charge in [-0.05, 0) is 37.0 Å². The van der Waals surface area contributed by atoms with E-state index < -0.39 is 17.6 Å². The molecule has 0 unspecified atom stereocenters. The first-order valence-electron chi connectivity index (χ1n) is 8.86. The number of rotatable bonds is 3. The number of anilines is 1. The van der Waals surface area contributed by atoms with Crippen molar-refractivity contribution in [2.45, 2.75) is 19.3 Å². The van der Waals surface area contributed by atoms with Crippen LogP contribution in [0.25, 0.3) is 5.57 Å². The summed E-state index contributed by atoms with van der Waals surface area (Å²) in [5.74, 6) is -1.49. The second kappa shape index (κ2) is 6.75. The van der Waals surface area contributed by atoms with Crippen molar-refractivity contribution in [3.8, 4) is 0 Å². The van der Waals surface area contributed by atoms with Gasteiger partial charge in [-0.15, -0.1) is 0 Å². The molecule has 26 heavy (non-hydrogen) atoms. The van der Waals surface area contributed by atoms with Gasteiger partial charge in [0.15, 0.2) is 0 Å². The van der Waals surface area contributed by atoms with E-state index in [1.165, 1.54) is 12.1 Å². The van der Waals surface area contributed by atoms with Gasteiger partial charge in [0, 0.05) is 13.1 Å². The monoisotopic (exact) mass is 350 g/mol. The molecule has 0 bridgehead atoms. The standard InChI is InChI=1S/C21H19FN2O2/c22-16-11-5-6-12-17(16)24-20(25)18(15-9-3-1-4-10-15)19(21(24)26)23-13-7-2-8-14-23/h1,3-6,9-12H,2,7-8,13-14H2. The number of nitrogens with zero attached hydrogens (tertiary/aromatic N) is 2. The van der Waals surface area contributed by atoms with Crippen LogP contribution in [0.5, 0.6) is 0 Å². The van der Waals surface area contributed by atoms with Crippen molar-refractivity contribution in [2.24, 2.45) is 0 Å². The number of para-hydroxylation sites is 1. The summed E-state index contributed by atoms with van der Waals surface area (Å²) in [6, 6.07) is 15.1. The van der Waals surface area contributed by atoms with E-state index in [0.717, 1.165) is 37.3 Å². The zero-order valence-corrected chi connectivity index (χ0v) is 14.3. The minimum atomic E-state index is -0.582. The molecule has 2 aromatic carbocycles. The molecular weight excluding hydrogens is 331 g/mol. The molecule has 0 atom stereocenters. The number of hydrogen-bond donors (Lipinski definition) is 0. The van der Waals surface area contributed by atoms with Crippen molar-refractivity contribution in [1.82, 2.24) is 4.90 Å². The van der Waals surface area contributed by atoms with Gasteiger partial charge in [-0.2, -0.15) is 0 Å². The summed E-state index contributed by atoms with van der Waals surface area (Å²) in [6.45, 7) is 1.46. The van der Waals surface area contributed by atoms with E-state index in [4.69, 9.17) is 0 Å². The average Bonchev–Trinajstić information content (AvgIpc) is 2.94. The van der Waals surface area contributed by atoms with Crippen LogP contribution in [0.4, 0.5) is 10.1 Å². The summed E-state index contributed by atoms with van der Waals surface area (Å²) in [4.78, 5) is 29.3. The van der Waals surface area contributed by atoms with E-state index in [1.54, 1.807) is 12.1 Å².